The fraction of sp³-hybridized carbons (Fsp3) is 0.292. The Kier molecular flexibility index (Phi) is 7.91. The molecule has 25 heavy (non-hydrogen) atoms. The molecule has 0 unspecified atom stereocenters. The van der Waals surface area contributed by atoms with E-state index < -0.39 is 0 Å². The highest BCUT2D eigenvalue weighted by Crippen LogP contribution is 2.22. The van der Waals surface area contributed by atoms with Gasteiger partial charge in [-0.15, -0.1) is 0 Å². The summed E-state index contributed by atoms with van der Waals surface area (Å²) < 4.78 is 0. The topological polar surface area (TPSA) is 12.9 Å². The maximum Gasteiger partial charge on any atom is 0.0270 e. The van der Waals surface area contributed by atoms with Gasteiger partial charge in [-0.25, -0.2) is 0 Å². The summed E-state index contributed by atoms with van der Waals surface area (Å²) in [7, 11) is 0. The zero-order valence-electron chi connectivity index (χ0n) is 15.7. The van der Waals surface area contributed by atoms with E-state index in [2.05, 4.69) is 56.1 Å². The van der Waals surface area contributed by atoms with Crippen LogP contribution < -0.4 is 0 Å². The molecular weight excluding hydrogens is 302 g/mol. The minimum Gasteiger partial charge on any atom is -0.265 e. The molecule has 3 aromatic rings. The van der Waals surface area contributed by atoms with Gasteiger partial charge in [-0.1, -0.05) is 66.6 Å². The van der Waals surface area contributed by atoms with Crippen molar-refractivity contribution in [2.75, 3.05) is 0 Å². The van der Waals surface area contributed by atoms with Crippen molar-refractivity contribution in [2.45, 2.75) is 46.5 Å². The Morgan fingerprint density at radius 2 is 1.44 bits per heavy atom. The summed E-state index contributed by atoms with van der Waals surface area (Å²) >= 11 is 0. The number of fused-ring (bicyclic) bond motifs is 1. The molecule has 0 spiro atoms. The number of benzene rings is 2. The van der Waals surface area contributed by atoms with E-state index in [0.29, 0.717) is 0 Å². The van der Waals surface area contributed by atoms with Gasteiger partial charge >= 0.3 is 0 Å². The monoisotopic (exact) mass is 331 g/mol. The first-order chi connectivity index (χ1) is 12.2. The second-order valence-corrected chi connectivity index (χ2v) is 6.49. The normalized spacial score (nSPS) is 11.5. The van der Waals surface area contributed by atoms with Gasteiger partial charge in [0.25, 0.3) is 0 Å². The highest BCUT2D eigenvalue weighted by atomic mass is 14.6. The Labute approximate surface area is 152 Å². The van der Waals surface area contributed by atoms with Crippen LogP contribution >= 0.6 is 0 Å². The van der Waals surface area contributed by atoms with Gasteiger partial charge in [-0.05, 0) is 68.4 Å². The summed E-state index contributed by atoms with van der Waals surface area (Å²) in [6, 6.07) is 21.1. The lowest BCUT2D eigenvalue weighted by Crippen LogP contribution is -1.81. The summed E-state index contributed by atoms with van der Waals surface area (Å²) in [6.45, 7) is 6.38. The molecule has 0 fully saturated rings. The number of aryl methyl sites for hydroxylation is 5. The van der Waals surface area contributed by atoms with Crippen molar-refractivity contribution in [3.8, 4) is 0 Å². The third-order valence-electron chi connectivity index (χ3n) is 4.35. The molecule has 0 atom stereocenters. The first-order valence-corrected chi connectivity index (χ1v) is 9.18. The lowest BCUT2D eigenvalue weighted by molar-refractivity contribution is 0.911. The molecule has 1 heterocycles. The Bertz CT molecular complexity index is 733. The largest absolute Gasteiger partial charge is 0.265 e. The second kappa shape index (κ2) is 10.5. The first kappa shape index (κ1) is 18.9. The predicted octanol–water partition coefficient (Wildman–Crippen LogP) is 6.12. The van der Waals surface area contributed by atoms with E-state index in [9.17, 15) is 0 Å². The van der Waals surface area contributed by atoms with E-state index in [4.69, 9.17) is 0 Å². The summed E-state index contributed by atoms with van der Waals surface area (Å²) in [5.74, 6) is 0. The fourth-order valence-electron chi connectivity index (χ4n) is 2.85. The molecule has 1 heteroatoms. The molecule has 1 aliphatic carbocycles. The van der Waals surface area contributed by atoms with Crippen molar-refractivity contribution < 1.29 is 0 Å². The van der Waals surface area contributed by atoms with Crippen molar-refractivity contribution in [2.24, 2.45) is 0 Å². The standard InChI is InChI=1S/C10H12.C7H9N.C7H8/c1-8-5-6-9-3-2-4-10(9)7-8;1-2-7-3-5-8-6-4-7;1-7-5-3-2-4-6-7/h5-7H,2-4H2,1H3;3-6H,2H2,1H3;2-6H,1H3. The summed E-state index contributed by atoms with van der Waals surface area (Å²) in [4.78, 5) is 3.89. The van der Waals surface area contributed by atoms with Gasteiger partial charge in [-0.3, -0.25) is 4.98 Å². The number of hydrogen-bond acceptors (Lipinski definition) is 1. The van der Waals surface area contributed by atoms with Gasteiger partial charge in [0, 0.05) is 12.4 Å². The van der Waals surface area contributed by atoms with Crippen LogP contribution in [0.4, 0.5) is 0 Å². The maximum atomic E-state index is 3.89. The molecule has 4 rings (SSSR count). The number of hydrogen-bond donors (Lipinski definition) is 0. The van der Waals surface area contributed by atoms with Crippen LogP contribution in [0.5, 0.6) is 0 Å². The van der Waals surface area contributed by atoms with Gasteiger partial charge in [0.2, 0.25) is 0 Å². The van der Waals surface area contributed by atoms with E-state index in [-0.39, 0.29) is 0 Å². The maximum absolute atomic E-state index is 3.89. The van der Waals surface area contributed by atoms with Crippen LogP contribution in [-0.2, 0) is 19.3 Å². The molecule has 0 aliphatic heterocycles. The smallest absolute Gasteiger partial charge is 0.0270 e. The quantitative estimate of drug-likeness (QED) is 0.523. The van der Waals surface area contributed by atoms with Gasteiger partial charge < -0.3 is 0 Å². The molecule has 0 bridgehead atoms. The lowest BCUT2D eigenvalue weighted by Gasteiger charge is -1.98. The zero-order chi connectivity index (χ0) is 17.9. The van der Waals surface area contributed by atoms with Crippen molar-refractivity contribution in [1.29, 1.82) is 0 Å². The van der Waals surface area contributed by atoms with Gasteiger partial charge in [0.05, 0.1) is 0 Å². The fourth-order valence-corrected chi connectivity index (χ4v) is 2.85. The van der Waals surface area contributed by atoms with Crippen LogP contribution in [0.3, 0.4) is 0 Å². The first-order valence-electron chi connectivity index (χ1n) is 9.18. The number of aromatic nitrogens is 1. The Morgan fingerprint density at radius 1 is 0.760 bits per heavy atom. The van der Waals surface area contributed by atoms with Crippen LogP contribution in [0.25, 0.3) is 0 Å². The molecule has 0 N–H and O–H groups in total. The SMILES string of the molecule is CCc1ccncc1.Cc1ccc2c(c1)CCC2.Cc1ccccc1. The van der Waals surface area contributed by atoms with Crippen LogP contribution in [-0.4, -0.2) is 4.98 Å². The summed E-state index contributed by atoms with van der Waals surface area (Å²) in [5.41, 5.74) is 7.23. The molecule has 0 radical (unpaired) electrons. The van der Waals surface area contributed by atoms with Crippen LogP contribution in [0.15, 0.2) is 73.1 Å². The molecule has 1 nitrogen and oxygen atoms in total. The van der Waals surface area contributed by atoms with Gasteiger partial charge in [0.15, 0.2) is 0 Å². The molecule has 1 aliphatic rings. The minimum absolute atomic E-state index is 1.10. The van der Waals surface area contributed by atoms with Gasteiger partial charge in [0.1, 0.15) is 0 Å². The molecule has 2 aromatic carbocycles. The van der Waals surface area contributed by atoms with Crippen molar-refractivity contribution in [1.82, 2.24) is 4.98 Å². The highest BCUT2D eigenvalue weighted by molar-refractivity contribution is 5.34. The molecule has 0 saturated heterocycles. The highest BCUT2D eigenvalue weighted by Gasteiger charge is 2.08. The Morgan fingerprint density at radius 3 is 2.00 bits per heavy atom. The van der Waals surface area contributed by atoms with Crippen molar-refractivity contribution in [3.05, 3.63) is 101 Å². The number of rotatable bonds is 1. The van der Waals surface area contributed by atoms with E-state index in [1.807, 2.05) is 42.7 Å². The van der Waals surface area contributed by atoms with E-state index in [1.54, 1.807) is 11.1 Å². The lowest BCUT2D eigenvalue weighted by atomic mass is 10.1. The summed E-state index contributed by atoms with van der Waals surface area (Å²) in [5, 5.41) is 0. The van der Waals surface area contributed by atoms with Gasteiger partial charge in [-0.2, -0.15) is 0 Å². The average molecular weight is 332 g/mol. The predicted molar refractivity (Wildman–Crippen MR) is 108 cm³/mol. The van der Waals surface area contributed by atoms with E-state index >= 15 is 0 Å². The molecule has 0 amide bonds. The molecule has 1 aromatic heterocycles. The van der Waals surface area contributed by atoms with Crippen LogP contribution in [0.1, 0.15) is 41.2 Å². The minimum atomic E-state index is 1.10. The summed E-state index contributed by atoms with van der Waals surface area (Å²) in [6.07, 6.45) is 8.70. The van der Waals surface area contributed by atoms with E-state index in [1.165, 1.54) is 36.0 Å². The third-order valence-corrected chi connectivity index (χ3v) is 4.35. The zero-order valence-corrected chi connectivity index (χ0v) is 15.7. The molecule has 0 saturated carbocycles. The van der Waals surface area contributed by atoms with Crippen molar-refractivity contribution >= 4 is 0 Å². The molecule has 130 valence electrons. The number of pyridine rings is 1. The average Bonchev–Trinajstić information content (AvgIpc) is 3.12. The van der Waals surface area contributed by atoms with E-state index in [0.717, 1.165) is 6.42 Å². The van der Waals surface area contributed by atoms with Crippen LogP contribution in [0.2, 0.25) is 0 Å². The Balaban J connectivity index is 0.000000138. The molecular formula is C24H29N. The third kappa shape index (κ3) is 6.93. The van der Waals surface area contributed by atoms with Crippen LogP contribution in [0, 0.1) is 13.8 Å². The number of nitrogens with zero attached hydrogens (tertiary/aromatic N) is 1. The van der Waals surface area contributed by atoms with Crippen molar-refractivity contribution in [3.63, 3.8) is 0 Å². The Hall–Kier alpha value is -2.41. The second-order valence-electron chi connectivity index (χ2n) is 6.49.